The molecule has 0 aliphatic carbocycles. The summed E-state index contributed by atoms with van der Waals surface area (Å²) in [5.74, 6) is 0.495. The summed E-state index contributed by atoms with van der Waals surface area (Å²) >= 11 is 1.19. The second kappa shape index (κ2) is 7.68. The molecule has 1 aliphatic heterocycles. The van der Waals surface area contributed by atoms with E-state index in [2.05, 4.69) is 0 Å². The summed E-state index contributed by atoms with van der Waals surface area (Å²) in [4.78, 5) is 24.4. The Kier molecular flexibility index (Phi) is 6.54. The highest BCUT2D eigenvalue weighted by Crippen LogP contribution is 2.19. The molecular weight excluding hydrogens is 242 g/mol. The van der Waals surface area contributed by atoms with Crippen LogP contribution < -0.4 is 0 Å². The molecule has 5 nitrogen and oxygen atoms in total. The lowest BCUT2D eigenvalue weighted by molar-refractivity contribution is -0.144. The number of nitrogens with zero attached hydrogens (tertiary/aromatic N) is 1. The van der Waals surface area contributed by atoms with Gasteiger partial charge in [0.1, 0.15) is 0 Å². The molecule has 17 heavy (non-hydrogen) atoms. The molecule has 0 aromatic carbocycles. The molecule has 0 saturated carbocycles. The topological polar surface area (TPSA) is 55.8 Å². The second-order valence-electron chi connectivity index (χ2n) is 3.54. The third-order valence-corrected chi connectivity index (χ3v) is 3.23. The maximum absolute atomic E-state index is 11.5. The van der Waals surface area contributed by atoms with E-state index in [4.69, 9.17) is 9.47 Å². The van der Waals surface area contributed by atoms with Crippen molar-refractivity contribution in [3.8, 4) is 0 Å². The quantitative estimate of drug-likeness (QED) is 0.655. The number of hydrogen-bond acceptors (Lipinski definition) is 5. The molecule has 0 aromatic heterocycles. The minimum Gasteiger partial charge on any atom is -0.353 e. The van der Waals surface area contributed by atoms with Crippen LogP contribution in [-0.4, -0.2) is 47.8 Å². The summed E-state index contributed by atoms with van der Waals surface area (Å²) in [6, 6.07) is 0. The monoisotopic (exact) mass is 261 g/mol. The van der Waals surface area contributed by atoms with E-state index in [1.165, 1.54) is 16.7 Å². The summed E-state index contributed by atoms with van der Waals surface area (Å²) in [5, 5.41) is -0.159. The molecule has 0 aromatic rings. The van der Waals surface area contributed by atoms with Gasteiger partial charge in [0, 0.05) is 38.4 Å². The standard InChI is InChI=1S/C11H19NO4S/c1-3-15-10(16-4-2)5-7-12-9(13)6-8-17-11(12)14/h10H,3-8H2,1-2H3. The van der Waals surface area contributed by atoms with Crippen LogP contribution in [0.5, 0.6) is 0 Å². The normalized spacial score (nSPS) is 17.0. The second-order valence-corrected chi connectivity index (χ2v) is 4.58. The van der Waals surface area contributed by atoms with Crippen molar-refractivity contribution in [2.45, 2.75) is 33.0 Å². The number of thioether (sulfide) groups is 1. The van der Waals surface area contributed by atoms with Gasteiger partial charge in [-0.1, -0.05) is 11.8 Å². The van der Waals surface area contributed by atoms with Crippen molar-refractivity contribution in [2.75, 3.05) is 25.5 Å². The van der Waals surface area contributed by atoms with Crippen molar-refractivity contribution < 1.29 is 19.1 Å². The fourth-order valence-electron chi connectivity index (χ4n) is 1.58. The van der Waals surface area contributed by atoms with E-state index in [1.54, 1.807) is 0 Å². The first kappa shape index (κ1) is 14.5. The first-order valence-corrected chi connectivity index (χ1v) is 6.87. The maximum Gasteiger partial charge on any atom is 0.288 e. The van der Waals surface area contributed by atoms with Gasteiger partial charge in [-0.3, -0.25) is 14.5 Å². The average molecular weight is 261 g/mol. The zero-order valence-corrected chi connectivity index (χ0v) is 11.1. The third-order valence-electron chi connectivity index (χ3n) is 2.36. The Hall–Kier alpha value is -0.590. The number of carbonyl (C=O) groups excluding carboxylic acids is 2. The summed E-state index contributed by atoms with van der Waals surface area (Å²) in [7, 11) is 0. The predicted octanol–water partition coefficient (Wildman–Crippen LogP) is 1.86. The van der Waals surface area contributed by atoms with Gasteiger partial charge in [0.05, 0.1) is 0 Å². The van der Waals surface area contributed by atoms with Crippen molar-refractivity contribution in [3.63, 3.8) is 0 Å². The van der Waals surface area contributed by atoms with E-state index < -0.39 is 0 Å². The van der Waals surface area contributed by atoms with Gasteiger partial charge in [-0.05, 0) is 13.8 Å². The molecule has 1 fully saturated rings. The Morgan fingerprint density at radius 2 is 1.94 bits per heavy atom. The smallest absolute Gasteiger partial charge is 0.288 e. The number of rotatable bonds is 7. The molecule has 98 valence electrons. The van der Waals surface area contributed by atoms with E-state index in [1.807, 2.05) is 13.8 Å². The highest BCUT2D eigenvalue weighted by atomic mass is 32.2. The molecule has 0 atom stereocenters. The molecule has 1 aliphatic rings. The van der Waals surface area contributed by atoms with Crippen LogP contribution in [0, 0.1) is 0 Å². The van der Waals surface area contributed by atoms with Gasteiger partial charge in [0.15, 0.2) is 6.29 Å². The van der Waals surface area contributed by atoms with Gasteiger partial charge >= 0.3 is 0 Å². The predicted molar refractivity (Wildman–Crippen MR) is 65.8 cm³/mol. The summed E-state index contributed by atoms with van der Waals surface area (Å²) in [5.41, 5.74) is 0. The first-order chi connectivity index (χ1) is 8.19. The number of hydrogen-bond donors (Lipinski definition) is 0. The Bertz CT molecular complexity index is 250. The van der Waals surface area contributed by atoms with Gasteiger partial charge < -0.3 is 9.47 Å². The molecule has 2 amide bonds. The Morgan fingerprint density at radius 3 is 2.47 bits per heavy atom. The van der Waals surface area contributed by atoms with Gasteiger partial charge in [-0.15, -0.1) is 0 Å². The number of ether oxygens (including phenoxy) is 2. The summed E-state index contributed by atoms with van der Waals surface area (Å²) in [6.45, 7) is 5.26. The summed E-state index contributed by atoms with van der Waals surface area (Å²) in [6.07, 6.45) is 0.627. The summed E-state index contributed by atoms with van der Waals surface area (Å²) < 4.78 is 10.7. The van der Waals surface area contributed by atoms with Crippen LogP contribution in [-0.2, 0) is 14.3 Å². The van der Waals surface area contributed by atoms with Crippen LogP contribution in [0.1, 0.15) is 26.7 Å². The molecular formula is C11H19NO4S. The van der Waals surface area contributed by atoms with Gasteiger partial charge in [-0.25, -0.2) is 0 Å². The minimum absolute atomic E-state index is 0.0968. The van der Waals surface area contributed by atoms with Crippen molar-refractivity contribution in [1.29, 1.82) is 0 Å². The molecule has 1 rings (SSSR count). The number of carbonyl (C=O) groups is 2. The lowest BCUT2D eigenvalue weighted by Gasteiger charge is -2.26. The van der Waals surface area contributed by atoms with Crippen LogP contribution in [0.2, 0.25) is 0 Å². The maximum atomic E-state index is 11.5. The third kappa shape index (κ3) is 4.65. The lowest BCUT2D eigenvalue weighted by atomic mass is 10.3. The number of imide groups is 1. The van der Waals surface area contributed by atoms with Crippen molar-refractivity contribution in [1.82, 2.24) is 4.90 Å². The minimum atomic E-state index is -0.336. The first-order valence-electron chi connectivity index (χ1n) is 5.89. The fourth-order valence-corrected chi connectivity index (χ4v) is 2.38. The Balaban J connectivity index is 2.40. The molecule has 0 N–H and O–H groups in total. The molecule has 1 saturated heterocycles. The Morgan fingerprint density at radius 1 is 1.29 bits per heavy atom. The molecule has 0 bridgehead atoms. The highest BCUT2D eigenvalue weighted by molar-refractivity contribution is 8.13. The highest BCUT2D eigenvalue weighted by Gasteiger charge is 2.27. The Labute approximate surface area is 106 Å². The molecule has 0 radical (unpaired) electrons. The lowest BCUT2D eigenvalue weighted by Crippen LogP contribution is -2.40. The van der Waals surface area contributed by atoms with E-state index in [9.17, 15) is 9.59 Å². The van der Waals surface area contributed by atoms with Crippen LogP contribution in [0.15, 0.2) is 0 Å². The van der Waals surface area contributed by atoms with Gasteiger partial charge in [-0.2, -0.15) is 0 Å². The molecule has 0 spiro atoms. The van der Waals surface area contributed by atoms with E-state index >= 15 is 0 Å². The van der Waals surface area contributed by atoms with Crippen molar-refractivity contribution in [2.24, 2.45) is 0 Å². The van der Waals surface area contributed by atoms with Crippen LogP contribution in [0.3, 0.4) is 0 Å². The number of amides is 2. The van der Waals surface area contributed by atoms with E-state index in [0.29, 0.717) is 38.4 Å². The largest absolute Gasteiger partial charge is 0.353 e. The molecule has 0 unspecified atom stereocenters. The van der Waals surface area contributed by atoms with Crippen LogP contribution in [0.25, 0.3) is 0 Å². The van der Waals surface area contributed by atoms with Crippen molar-refractivity contribution >= 4 is 22.9 Å². The molecule has 6 heteroatoms. The van der Waals surface area contributed by atoms with Crippen LogP contribution in [0.4, 0.5) is 4.79 Å². The van der Waals surface area contributed by atoms with Gasteiger partial charge in [0.2, 0.25) is 5.91 Å². The SMILES string of the molecule is CCOC(CCN1C(=O)CCSC1=O)OCC. The zero-order chi connectivity index (χ0) is 12.7. The van der Waals surface area contributed by atoms with E-state index in [0.717, 1.165) is 0 Å². The van der Waals surface area contributed by atoms with Crippen LogP contribution >= 0.6 is 11.8 Å². The fraction of sp³-hybridized carbons (Fsp3) is 0.818. The van der Waals surface area contributed by atoms with Crippen molar-refractivity contribution in [3.05, 3.63) is 0 Å². The van der Waals surface area contributed by atoms with E-state index in [-0.39, 0.29) is 17.4 Å². The average Bonchev–Trinajstić information content (AvgIpc) is 2.29. The molecule has 1 heterocycles. The zero-order valence-electron chi connectivity index (χ0n) is 10.3. The van der Waals surface area contributed by atoms with Gasteiger partial charge in [0.25, 0.3) is 5.24 Å².